The molecule has 1 saturated heterocycles. The standard InChI is InChI=1S/C25H27N3O3/c1-17(29)25(9-11-31-12-10-25)20-8-7-19(22(14-20)18-5-3-2-4-6-18)13-23(30)24-27-16-21(15-26)28-24/h5,7-8,14,16H,2-4,6,9-13H2,1H3,(H,27,28). The van der Waals surface area contributed by atoms with Gasteiger partial charge in [0.2, 0.25) is 5.78 Å². The van der Waals surface area contributed by atoms with E-state index in [2.05, 4.69) is 22.1 Å². The van der Waals surface area contributed by atoms with E-state index in [0.29, 0.717) is 26.1 Å². The second-order valence-corrected chi connectivity index (χ2v) is 8.45. The Morgan fingerprint density at radius 3 is 2.71 bits per heavy atom. The third-order valence-electron chi connectivity index (χ3n) is 6.63. The maximum Gasteiger partial charge on any atom is 0.202 e. The Bertz CT molecular complexity index is 1070. The topological polar surface area (TPSA) is 95.8 Å². The number of Topliss-reactive ketones (excluding diaryl/α,β-unsaturated/α-hetero) is 2. The number of imidazole rings is 1. The van der Waals surface area contributed by atoms with Crippen LogP contribution in [-0.2, 0) is 21.4 Å². The average molecular weight is 418 g/mol. The number of nitrogens with zero attached hydrogens (tertiary/aromatic N) is 2. The van der Waals surface area contributed by atoms with Crippen molar-refractivity contribution >= 4 is 17.1 Å². The van der Waals surface area contributed by atoms with Crippen LogP contribution in [0.1, 0.15) is 78.5 Å². The minimum absolute atomic E-state index is 0.153. The summed E-state index contributed by atoms with van der Waals surface area (Å²) in [6.07, 6.45) is 9.51. The molecule has 6 nitrogen and oxygen atoms in total. The number of carbonyl (C=O) groups excluding carboxylic acids is 2. The van der Waals surface area contributed by atoms with E-state index >= 15 is 0 Å². The monoisotopic (exact) mass is 417 g/mol. The molecule has 1 aromatic carbocycles. The molecule has 1 aliphatic heterocycles. The Morgan fingerprint density at radius 1 is 1.26 bits per heavy atom. The van der Waals surface area contributed by atoms with Gasteiger partial charge < -0.3 is 9.72 Å². The smallest absolute Gasteiger partial charge is 0.202 e. The maximum absolute atomic E-state index is 12.8. The second-order valence-electron chi connectivity index (χ2n) is 8.45. The van der Waals surface area contributed by atoms with Crippen molar-refractivity contribution in [3.8, 4) is 6.07 Å². The number of rotatable bonds is 6. The van der Waals surface area contributed by atoms with Gasteiger partial charge in [-0.1, -0.05) is 24.3 Å². The lowest BCUT2D eigenvalue weighted by atomic mass is 9.70. The average Bonchev–Trinajstić information content (AvgIpc) is 3.30. The number of benzene rings is 1. The van der Waals surface area contributed by atoms with Crippen molar-refractivity contribution in [2.24, 2.45) is 0 Å². The number of allylic oxidation sites excluding steroid dienone is 2. The highest BCUT2D eigenvalue weighted by Gasteiger charge is 2.39. The van der Waals surface area contributed by atoms with Gasteiger partial charge in [0.25, 0.3) is 0 Å². The van der Waals surface area contributed by atoms with Gasteiger partial charge in [0.15, 0.2) is 5.82 Å². The Labute approximate surface area is 182 Å². The number of nitriles is 1. The first-order valence-corrected chi connectivity index (χ1v) is 10.9. The van der Waals surface area contributed by atoms with Gasteiger partial charge >= 0.3 is 0 Å². The summed E-state index contributed by atoms with van der Waals surface area (Å²) < 4.78 is 5.54. The van der Waals surface area contributed by atoms with Gasteiger partial charge in [-0.2, -0.15) is 5.26 Å². The van der Waals surface area contributed by atoms with Crippen molar-refractivity contribution < 1.29 is 14.3 Å². The van der Waals surface area contributed by atoms with Gasteiger partial charge in [0.1, 0.15) is 17.5 Å². The summed E-state index contributed by atoms with van der Waals surface area (Å²) in [6, 6.07) is 8.10. The molecule has 0 spiro atoms. The van der Waals surface area contributed by atoms with E-state index in [1.165, 1.54) is 18.2 Å². The highest BCUT2D eigenvalue weighted by Crippen LogP contribution is 2.39. The Hall–Kier alpha value is -3.04. The van der Waals surface area contributed by atoms with Crippen LogP contribution in [0, 0.1) is 11.3 Å². The summed E-state index contributed by atoms with van der Waals surface area (Å²) in [6.45, 7) is 2.83. The van der Waals surface area contributed by atoms with Crippen molar-refractivity contribution in [2.75, 3.05) is 13.2 Å². The molecule has 160 valence electrons. The van der Waals surface area contributed by atoms with Gasteiger partial charge in [-0.25, -0.2) is 4.98 Å². The van der Waals surface area contributed by atoms with Crippen molar-refractivity contribution in [1.82, 2.24) is 9.97 Å². The lowest BCUT2D eigenvalue weighted by Gasteiger charge is -2.36. The first kappa shape index (κ1) is 21.2. The molecule has 6 heteroatoms. The number of ether oxygens (including phenoxy) is 1. The van der Waals surface area contributed by atoms with Crippen LogP contribution >= 0.6 is 0 Å². The van der Waals surface area contributed by atoms with E-state index in [4.69, 9.17) is 10.00 Å². The third kappa shape index (κ3) is 4.24. The number of nitrogens with one attached hydrogen (secondary N) is 1. The number of hydrogen-bond donors (Lipinski definition) is 1. The summed E-state index contributed by atoms with van der Waals surface area (Å²) in [7, 11) is 0. The molecule has 0 amide bonds. The molecular weight excluding hydrogens is 390 g/mol. The summed E-state index contributed by atoms with van der Waals surface area (Å²) in [5.41, 5.74) is 4.02. The van der Waals surface area contributed by atoms with Crippen molar-refractivity contribution in [1.29, 1.82) is 5.26 Å². The molecule has 0 atom stereocenters. The first-order chi connectivity index (χ1) is 15.0. The fourth-order valence-electron chi connectivity index (χ4n) is 4.75. The summed E-state index contributed by atoms with van der Waals surface area (Å²) in [4.78, 5) is 32.4. The SMILES string of the molecule is CC(=O)C1(c2ccc(CC(=O)c3ncc(C#N)[nH]3)c(C3=CCCCC3)c2)CCOCC1. The summed E-state index contributed by atoms with van der Waals surface area (Å²) in [5, 5.41) is 8.98. The van der Waals surface area contributed by atoms with Crippen LogP contribution in [-0.4, -0.2) is 34.7 Å². The van der Waals surface area contributed by atoms with E-state index in [-0.39, 0.29) is 29.5 Å². The molecule has 4 rings (SSSR count). The van der Waals surface area contributed by atoms with Gasteiger partial charge in [-0.3, -0.25) is 9.59 Å². The van der Waals surface area contributed by atoms with Crippen molar-refractivity contribution in [3.63, 3.8) is 0 Å². The number of aromatic amines is 1. The van der Waals surface area contributed by atoms with E-state index in [1.54, 1.807) is 6.92 Å². The molecule has 2 heterocycles. The molecule has 2 aromatic rings. The second kappa shape index (κ2) is 8.99. The molecule has 0 saturated carbocycles. The van der Waals surface area contributed by atoms with Crippen molar-refractivity contribution in [3.05, 3.63) is 58.7 Å². The molecule has 0 radical (unpaired) electrons. The van der Waals surface area contributed by atoms with E-state index in [1.807, 2.05) is 18.2 Å². The minimum Gasteiger partial charge on any atom is -0.381 e. The molecular formula is C25H27N3O3. The summed E-state index contributed by atoms with van der Waals surface area (Å²) in [5.74, 6) is 0.218. The van der Waals surface area contributed by atoms with E-state index < -0.39 is 5.41 Å². The van der Waals surface area contributed by atoms with E-state index in [9.17, 15) is 9.59 Å². The highest BCUT2D eigenvalue weighted by atomic mass is 16.5. The normalized spacial score (nSPS) is 18.1. The highest BCUT2D eigenvalue weighted by molar-refractivity contribution is 5.95. The zero-order valence-corrected chi connectivity index (χ0v) is 17.9. The van der Waals surface area contributed by atoms with Gasteiger partial charge in [0.05, 0.1) is 11.6 Å². The van der Waals surface area contributed by atoms with E-state index in [0.717, 1.165) is 36.0 Å². The molecule has 0 bridgehead atoms. The number of ketones is 2. The predicted octanol–water partition coefficient (Wildman–Crippen LogP) is 4.30. The van der Waals surface area contributed by atoms with Crippen LogP contribution in [0.4, 0.5) is 0 Å². The fraction of sp³-hybridized carbons (Fsp3) is 0.440. The van der Waals surface area contributed by atoms with Crippen LogP contribution in [0.3, 0.4) is 0 Å². The van der Waals surface area contributed by atoms with Crippen LogP contribution in [0.25, 0.3) is 5.57 Å². The third-order valence-corrected chi connectivity index (χ3v) is 6.63. The first-order valence-electron chi connectivity index (χ1n) is 10.9. The Balaban J connectivity index is 1.73. The van der Waals surface area contributed by atoms with Crippen LogP contribution in [0.2, 0.25) is 0 Å². The molecule has 31 heavy (non-hydrogen) atoms. The van der Waals surface area contributed by atoms with Gasteiger partial charge in [-0.05, 0) is 67.7 Å². The predicted molar refractivity (Wildman–Crippen MR) is 117 cm³/mol. The number of carbonyl (C=O) groups is 2. The number of hydrogen-bond acceptors (Lipinski definition) is 5. The molecule has 0 unspecified atom stereocenters. The number of H-pyrrole nitrogens is 1. The molecule has 1 N–H and O–H groups in total. The zero-order valence-electron chi connectivity index (χ0n) is 17.9. The largest absolute Gasteiger partial charge is 0.381 e. The van der Waals surface area contributed by atoms with Crippen LogP contribution < -0.4 is 0 Å². The maximum atomic E-state index is 12.8. The Kier molecular flexibility index (Phi) is 6.15. The van der Waals surface area contributed by atoms with Crippen molar-refractivity contribution in [2.45, 2.75) is 57.3 Å². The Morgan fingerprint density at radius 2 is 2.06 bits per heavy atom. The lowest BCUT2D eigenvalue weighted by molar-refractivity contribution is -0.126. The quantitative estimate of drug-likeness (QED) is 0.707. The zero-order chi connectivity index (χ0) is 21.8. The molecule has 1 fully saturated rings. The number of aromatic nitrogens is 2. The summed E-state index contributed by atoms with van der Waals surface area (Å²) >= 11 is 0. The lowest BCUT2D eigenvalue weighted by Crippen LogP contribution is -2.40. The van der Waals surface area contributed by atoms with Gasteiger partial charge in [-0.15, -0.1) is 0 Å². The minimum atomic E-state index is -0.520. The fourth-order valence-corrected chi connectivity index (χ4v) is 4.75. The molecule has 1 aliphatic carbocycles. The van der Waals surface area contributed by atoms with Crippen LogP contribution in [0.15, 0.2) is 30.5 Å². The molecule has 2 aliphatic rings. The van der Waals surface area contributed by atoms with Gasteiger partial charge in [0, 0.05) is 19.6 Å². The van der Waals surface area contributed by atoms with Crippen LogP contribution in [0.5, 0.6) is 0 Å². The molecule has 1 aromatic heterocycles.